The molecule has 3 heteroatoms. The van der Waals surface area contributed by atoms with Crippen molar-refractivity contribution in [2.24, 2.45) is 0 Å². The predicted octanol–water partition coefficient (Wildman–Crippen LogP) is 10.6. The lowest BCUT2D eigenvalue weighted by Crippen LogP contribution is -1.97. The number of rotatable bonds is 7. The van der Waals surface area contributed by atoms with Crippen molar-refractivity contribution < 1.29 is 0 Å². The van der Waals surface area contributed by atoms with Crippen LogP contribution in [-0.4, -0.2) is 14.5 Å². The Morgan fingerprint density at radius 2 is 1.09 bits per heavy atom. The molecule has 0 unspecified atom stereocenters. The molecule has 0 bridgehead atoms. The van der Waals surface area contributed by atoms with Gasteiger partial charge >= 0.3 is 0 Å². The highest BCUT2D eigenvalue weighted by atomic mass is 15.0. The summed E-state index contributed by atoms with van der Waals surface area (Å²) in [6.45, 7) is 6.02. The number of hydrogen-bond donors (Lipinski definition) is 0. The average molecular weight is 566 g/mol. The number of nitrogens with zero attached hydrogens (tertiary/aromatic N) is 3. The predicted molar refractivity (Wildman–Crippen MR) is 185 cm³/mol. The molecule has 7 rings (SSSR count). The third-order valence-electron chi connectivity index (χ3n) is 8.03. The van der Waals surface area contributed by atoms with E-state index in [1.807, 2.05) is 48.6 Å². The highest BCUT2D eigenvalue weighted by Gasteiger charge is 2.14. The molecule has 44 heavy (non-hydrogen) atoms. The van der Waals surface area contributed by atoms with Crippen LogP contribution >= 0.6 is 0 Å². The van der Waals surface area contributed by atoms with Gasteiger partial charge in [0.1, 0.15) is 0 Å². The Morgan fingerprint density at radius 1 is 0.568 bits per heavy atom. The summed E-state index contributed by atoms with van der Waals surface area (Å²) in [5.41, 5.74) is 12.0. The summed E-state index contributed by atoms with van der Waals surface area (Å²) in [5.74, 6) is 0.720. The number of fused-ring (bicyclic) bond motifs is 1. The van der Waals surface area contributed by atoms with Gasteiger partial charge in [-0.3, -0.25) is 0 Å². The molecule has 0 radical (unpaired) electrons. The van der Waals surface area contributed by atoms with Gasteiger partial charge in [-0.15, -0.1) is 0 Å². The molecule has 7 aromatic rings. The maximum absolute atomic E-state index is 4.98. The maximum Gasteiger partial charge on any atom is 0.160 e. The highest BCUT2D eigenvalue weighted by Crippen LogP contribution is 2.32. The summed E-state index contributed by atoms with van der Waals surface area (Å²) >= 11 is 0. The number of aromatic nitrogens is 3. The zero-order valence-corrected chi connectivity index (χ0v) is 24.6. The number of hydrogen-bond acceptors (Lipinski definition) is 2. The van der Waals surface area contributed by atoms with Crippen LogP contribution in [-0.2, 0) is 0 Å². The van der Waals surface area contributed by atoms with E-state index in [0.29, 0.717) is 0 Å². The van der Waals surface area contributed by atoms with Gasteiger partial charge in [0.15, 0.2) is 5.82 Å². The first-order valence-corrected chi connectivity index (χ1v) is 14.8. The SMILES string of the molecule is C=C/C=C\c1c(C)n(-c2ccc(-c3ccc(-c4cc(-c5ccccc5)nc(-c5ccccc5)n4)cc3)cc2)c2ccccc12. The van der Waals surface area contributed by atoms with E-state index in [1.165, 1.54) is 27.7 Å². The standard InChI is InChI=1S/C41H31N3/c1-3-4-17-36-29(2)44(40-19-12-11-18-37(36)40)35-26-24-31(25-27-35)30-20-22-33(23-21-30)39-28-38(32-13-7-5-8-14-32)42-41(43-39)34-15-9-6-10-16-34/h3-28H,1H2,2H3/b17-4-. The van der Waals surface area contributed by atoms with Gasteiger partial charge < -0.3 is 4.57 Å². The third-order valence-corrected chi connectivity index (χ3v) is 8.03. The van der Waals surface area contributed by atoms with Crippen LogP contribution in [0.3, 0.4) is 0 Å². The smallest absolute Gasteiger partial charge is 0.160 e. The van der Waals surface area contributed by atoms with Crippen molar-refractivity contribution in [3.8, 4) is 50.7 Å². The number of allylic oxidation sites excluding steroid dienone is 2. The molecule has 5 aromatic carbocycles. The van der Waals surface area contributed by atoms with Crippen molar-refractivity contribution in [1.29, 1.82) is 0 Å². The lowest BCUT2D eigenvalue weighted by atomic mass is 10.0. The second-order valence-corrected chi connectivity index (χ2v) is 10.8. The van der Waals surface area contributed by atoms with E-state index >= 15 is 0 Å². The zero-order chi connectivity index (χ0) is 29.9. The quantitative estimate of drug-likeness (QED) is 0.180. The Kier molecular flexibility index (Phi) is 7.27. The largest absolute Gasteiger partial charge is 0.313 e. The van der Waals surface area contributed by atoms with Crippen molar-refractivity contribution >= 4 is 17.0 Å². The molecule has 0 amide bonds. The summed E-state index contributed by atoms with van der Waals surface area (Å²) in [7, 11) is 0. The summed E-state index contributed by atoms with van der Waals surface area (Å²) in [6, 6.07) is 48.5. The van der Waals surface area contributed by atoms with Gasteiger partial charge in [-0.25, -0.2) is 9.97 Å². The summed E-state index contributed by atoms with van der Waals surface area (Å²) in [6.07, 6.45) is 5.96. The van der Waals surface area contributed by atoms with Crippen LogP contribution in [0.4, 0.5) is 0 Å². The van der Waals surface area contributed by atoms with E-state index in [1.54, 1.807) is 0 Å². The van der Waals surface area contributed by atoms with Crippen molar-refractivity contribution in [1.82, 2.24) is 14.5 Å². The van der Waals surface area contributed by atoms with E-state index in [2.05, 4.69) is 127 Å². The van der Waals surface area contributed by atoms with Crippen LogP contribution in [0.25, 0.3) is 67.7 Å². The second kappa shape index (κ2) is 11.8. The molecule has 0 aliphatic rings. The van der Waals surface area contributed by atoms with Crippen molar-refractivity contribution in [3.05, 3.63) is 170 Å². The molecule has 0 saturated carbocycles. The Labute approximate surface area is 258 Å². The molecule has 0 fully saturated rings. The van der Waals surface area contributed by atoms with Crippen LogP contribution in [0.1, 0.15) is 11.3 Å². The Bertz CT molecular complexity index is 2040. The van der Waals surface area contributed by atoms with Gasteiger partial charge in [-0.2, -0.15) is 0 Å². The minimum absolute atomic E-state index is 0.720. The van der Waals surface area contributed by atoms with Crippen molar-refractivity contribution in [3.63, 3.8) is 0 Å². The molecular formula is C41H31N3. The molecule has 0 atom stereocenters. The van der Waals surface area contributed by atoms with Gasteiger partial charge in [0.05, 0.1) is 16.9 Å². The number of benzene rings is 5. The molecular weight excluding hydrogens is 534 g/mol. The third kappa shape index (κ3) is 5.16. The Balaban J connectivity index is 1.22. The summed E-state index contributed by atoms with van der Waals surface area (Å²) < 4.78 is 2.33. The lowest BCUT2D eigenvalue weighted by Gasteiger charge is -2.11. The van der Waals surface area contributed by atoms with Crippen molar-refractivity contribution in [2.45, 2.75) is 6.92 Å². The molecule has 3 nitrogen and oxygen atoms in total. The zero-order valence-electron chi connectivity index (χ0n) is 24.6. The van der Waals surface area contributed by atoms with Gasteiger partial charge in [-0.05, 0) is 42.3 Å². The van der Waals surface area contributed by atoms with Crippen LogP contribution in [0.5, 0.6) is 0 Å². The Hall–Kier alpha value is -5.80. The van der Waals surface area contributed by atoms with Crippen molar-refractivity contribution in [2.75, 3.05) is 0 Å². The molecule has 0 aliphatic heterocycles. The highest BCUT2D eigenvalue weighted by molar-refractivity contribution is 5.93. The topological polar surface area (TPSA) is 30.7 Å². The molecule has 2 aromatic heterocycles. The minimum atomic E-state index is 0.720. The fourth-order valence-electron chi connectivity index (χ4n) is 5.80. The normalized spacial score (nSPS) is 11.3. The summed E-state index contributed by atoms with van der Waals surface area (Å²) in [5, 5.41) is 1.23. The molecule has 0 spiro atoms. The van der Waals surface area contributed by atoms with Crippen LogP contribution in [0, 0.1) is 6.92 Å². The molecule has 0 saturated heterocycles. The van der Waals surface area contributed by atoms with Crippen LogP contribution < -0.4 is 0 Å². The van der Waals surface area contributed by atoms with E-state index in [4.69, 9.17) is 9.97 Å². The van der Waals surface area contributed by atoms with Gasteiger partial charge in [0.25, 0.3) is 0 Å². The van der Waals surface area contributed by atoms with Crippen LogP contribution in [0.15, 0.2) is 158 Å². The van der Waals surface area contributed by atoms with Gasteiger partial charge in [0, 0.05) is 39.0 Å². The molecule has 0 aliphatic carbocycles. The summed E-state index contributed by atoms with van der Waals surface area (Å²) in [4.78, 5) is 9.89. The number of para-hydroxylation sites is 1. The first-order chi connectivity index (χ1) is 21.7. The Morgan fingerprint density at radius 3 is 1.73 bits per heavy atom. The molecule has 210 valence electrons. The van der Waals surface area contributed by atoms with E-state index in [-0.39, 0.29) is 0 Å². The average Bonchev–Trinajstić information content (AvgIpc) is 3.38. The van der Waals surface area contributed by atoms with E-state index in [9.17, 15) is 0 Å². The van der Waals surface area contributed by atoms with Gasteiger partial charge in [0.2, 0.25) is 0 Å². The van der Waals surface area contributed by atoms with E-state index in [0.717, 1.165) is 45.2 Å². The maximum atomic E-state index is 4.98. The molecule has 2 heterocycles. The molecule has 0 N–H and O–H groups in total. The first-order valence-electron chi connectivity index (χ1n) is 14.8. The monoisotopic (exact) mass is 565 g/mol. The second-order valence-electron chi connectivity index (χ2n) is 10.8. The fourth-order valence-corrected chi connectivity index (χ4v) is 5.80. The van der Waals surface area contributed by atoms with E-state index < -0.39 is 0 Å². The van der Waals surface area contributed by atoms with Crippen LogP contribution in [0.2, 0.25) is 0 Å². The van der Waals surface area contributed by atoms with Gasteiger partial charge in [-0.1, -0.05) is 140 Å². The fraction of sp³-hybridized carbons (Fsp3) is 0.0244. The minimum Gasteiger partial charge on any atom is -0.313 e. The first kappa shape index (κ1) is 27.1. The lowest BCUT2D eigenvalue weighted by molar-refractivity contribution is 1.05.